The van der Waals surface area contributed by atoms with Gasteiger partial charge in [-0.05, 0) is 17.7 Å². The number of rotatable bonds is 3. The monoisotopic (exact) mass is 320 g/mol. The fraction of sp³-hybridized carbons (Fsp3) is 0.357. The van der Waals surface area contributed by atoms with Gasteiger partial charge in [-0.3, -0.25) is 4.90 Å². The number of imidazole rings is 1. The van der Waals surface area contributed by atoms with Crippen LogP contribution in [0.25, 0.3) is 0 Å². The molecule has 100 valence electrons. The van der Waals surface area contributed by atoms with Crippen LogP contribution < -0.4 is 5.73 Å². The number of hydrogen-bond donors (Lipinski definition) is 1. The number of nitrogens with zero attached hydrogens (tertiary/aromatic N) is 3. The summed E-state index contributed by atoms with van der Waals surface area (Å²) in [7, 11) is 0. The van der Waals surface area contributed by atoms with Gasteiger partial charge in [0.15, 0.2) is 0 Å². The fourth-order valence-electron chi connectivity index (χ4n) is 2.67. The average Bonchev–Trinajstić information content (AvgIpc) is 2.87. The predicted octanol–water partition coefficient (Wildman–Crippen LogP) is 2.16. The van der Waals surface area contributed by atoms with E-state index in [2.05, 4.69) is 48.6 Å². The van der Waals surface area contributed by atoms with Crippen molar-refractivity contribution in [3.8, 4) is 0 Å². The van der Waals surface area contributed by atoms with Crippen molar-refractivity contribution in [3.05, 3.63) is 52.5 Å². The first-order chi connectivity index (χ1) is 9.28. The third-order valence-electron chi connectivity index (χ3n) is 3.67. The minimum atomic E-state index is 0.253. The Bertz CT molecular complexity index is 566. The molecule has 0 spiro atoms. The first-order valence-electron chi connectivity index (χ1n) is 6.47. The summed E-state index contributed by atoms with van der Waals surface area (Å²) in [5, 5.41) is 0. The lowest BCUT2D eigenvalue weighted by atomic mass is 10.0. The van der Waals surface area contributed by atoms with Gasteiger partial charge in [0.1, 0.15) is 5.82 Å². The second-order valence-corrected chi connectivity index (χ2v) is 5.73. The van der Waals surface area contributed by atoms with E-state index in [9.17, 15) is 0 Å². The van der Waals surface area contributed by atoms with Crippen LogP contribution >= 0.6 is 15.9 Å². The van der Waals surface area contributed by atoms with Crippen LogP contribution in [0, 0.1) is 0 Å². The van der Waals surface area contributed by atoms with E-state index in [1.54, 1.807) is 0 Å². The summed E-state index contributed by atoms with van der Waals surface area (Å²) in [4.78, 5) is 6.81. The summed E-state index contributed by atoms with van der Waals surface area (Å²) in [5.41, 5.74) is 7.26. The maximum absolute atomic E-state index is 6.00. The van der Waals surface area contributed by atoms with E-state index in [-0.39, 0.29) is 6.04 Å². The number of fused-ring (bicyclic) bond motifs is 1. The van der Waals surface area contributed by atoms with Gasteiger partial charge in [0.2, 0.25) is 0 Å². The summed E-state index contributed by atoms with van der Waals surface area (Å²) in [6.07, 6.45) is 3.92. The zero-order chi connectivity index (χ0) is 13.2. The number of nitrogens with two attached hydrogens (primary N) is 1. The number of benzene rings is 1. The Kier molecular flexibility index (Phi) is 3.68. The van der Waals surface area contributed by atoms with Gasteiger partial charge in [-0.2, -0.15) is 0 Å². The standard InChI is InChI=1S/C14H17BrN4/c15-12-3-1-2-11(8-12)13(9-16)19-7-6-18-5-4-17-14(18)10-19/h1-5,8,13H,6-7,9-10,16H2. The SMILES string of the molecule is NCC(c1cccc(Br)c1)N1CCn2ccnc2C1. The molecule has 1 aromatic heterocycles. The molecule has 1 atom stereocenters. The van der Waals surface area contributed by atoms with E-state index >= 15 is 0 Å². The lowest BCUT2D eigenvalue weighted by molar-refractivity contribution is 0.156. The summed E-state index contributed by atoms with van der Waals surface area (Å²) in [6, 6.07) is 8.65. The van der Waals surface area contributed by atoms with Crippen LogP contribution in [0.1, 0.15) is 17.4 Å². The van der Waals surface area contributed by atoms with E-state index in [1.165, 1.54) is 5.56 Å². The van der Waals surface area contributed by atoms with Crippen LogP contribution in [0.3, 0.4) is 0 Å². The Balaban J connectivity index is 1.84. The maximum Gasteiger partial charge on any atom is 0.122 e. The van der Waals surface area contributed by atoms with Crippen LogP contribution in [0.4, 0.5) is 0 Å². The molecule has 0 aliphatic carbocycles. The van der Waals surface area contributed by atoms with Crippen molar-refractivity contribution in [1.29, 1.82) is 0 Å². The summed E-state index contributed by atoms with van der Waals surface area (Å²) < 4.78 is 3.31. The number of halogens is 1. The van der Waals surface area contributed by atoms with Gasteiger partial charge in [0.05, 0.1) is 6.54 Å². The van der Waals surface area contributed by atoms with Crippen LogP contribution in [-0.2, 0) is 13.1 Å². The topological polar surface area (TPSA) is 47.1 Å². The third-order valence-corrected chi connectivity index (χ3v) is 4.17. The Morgan fingerprint density at radius 2 is 2.26 bits per heavy atom. The molecule has 4 nitrogen and oxygen atoms in total. The molecule has 1 aromatic carbocycles. The average molecular weight is 321 g/mol. The molecule has 3 rings (SSSR count). The minimum absolute atomic E-state index is 0.253. The highest BCUT2D eigenvalue weighted by molar-refractivity contribution is 9.10. The Morgan fingerprint density at radius 3 is 3.05 bits per heavy atom. The van der Waals surface area contributed by atoms with Crippen molar-refractivity contribution >= 4 is 15.9 Å². The summed E-state index contributed by atoms with van der Waals surface area (Å²) in [6.45, 7) is 3.48. The van der Waals surface area contributed by atoms with Crippen LogP contribution in [0.5, 0.6) is 0 Å². The molecule has 0 fully saturated rings. The molecule has 1 aliphatic heterocycles. The van der Waals surface area contributed by atoms with Gasteiger partial charge in [0, 0.05) is 42.5 Å². The highest BCUT2D eigenvalue weighted by atomic mass is 79.9. The molecule has 5 heteroatoms. The summed E-state index contributed by atoms with van der Waals surface area (Å²) in [5.74, 6) is 1.12. The van der Waals surface area contributed by atoms with Crippen LogP contribution in [0.2, 0.25) is 0 Å². The van der Waals surface area contributed by atoms with Crippen molar-refractivity contribution in [2.24, 2.45) is 5.73 Å². The highest BCUT2D eigenvalue weighted by Gasteiger charge is 2.24. The second kappa shape index (κ2) is 5.45. The van der Waals surface area contributed by atoms with E-state index in [0.717, 1.165) is 29.9 Å². The summed E-state index contributed by atoms with van der Waals surface area (Å²) >= 11 is 3.53. The van der Waals surface area contributed by atoms with Crippen molar-refractivity contribution < 1.29 is 0 Å². The van der Waals surface area contributed by atoms with E-state index in [0.29, 0.717) is 6.54 Å². The van der Waals surface area contributed by atoms with Crippen LogP contribution in [-0.4, -0.2) is 27.5 Å². The molecule has 1 aliphatic rings. The molecular formula is C14H17BrN4. The largest absolute Gasteiger partial charge is 0.333 e. The molecule has 2 aromatic rings. The lowest BCUT2D eigenvalue weighted by Crippen LogP contribution is -2.39. The third kappa shape index (κ3) is 2.59. The molecule has 19 heavy (non-hydrogen) atoms. The number of hydrogen-bond acceptors (Lipinski definition) is 3. The van der Waals surface area contributed by atoms with Gasteiger partial charge >= 0.3 is 0 Å². The normalized spacial score (nSPS) is 17.2. The molecule has 2 N–H and O–H groups in total. The molecule has 0 radical (unpaired) electrons. The Morgan fingerprint density at radius 1 is 1.37 bits per heavy atom. The molecular weight excluding hydrogens is 304 g/mol. The minimum Gasteiger partial charge on any atom is -0.333 e. The van der Waals surface area contributed by atoms with Crippen molar-refractivity contribution in [1.82, 2.24) is 14.5 Å². The molecule has 1 unspecified atom stereocenters. The quantitative estimate of drug-likeness (QED) is 0.942. The van der Waals surface area contributed by atoms with Crippen LogP contribution in [0.15, 0.2) is 41.1 Å². The molecule has 0 saturated carbocycles. The van der Waals surface area contributed by atoms with Gasteiger partial charge < -0.3 is 10.3 Å². The Labute approximate surface area is 121 Å². The van der Waals surface area contributed by atoms with Crippen molar-refractivity contribution in [2.45, 2.75) is 19.1 Å². The second-order valence-electron chi connectivity index (χ2n) is 4.81. The molecule has 0 amide bonds. The molecule has 0 bridgehead atoms. The maximum atomic E-state index is 6.00. The Hall–Kier alpha value is -1.17. The lowest BCUT2D eigenvalue weighted by Gasteiger charge is -2.34. The zero-order valence-corrected chi connectivity index (χ0v) is 12.3. The number of aromatic nitrogens is 2. The van der Waals surface area contributed by atoms with E-state index in [4.69, 9.17) is 5.73 Å². The fourth-order valence-corrected chi connectivity index (χ4v) is 3.08. The van der Waals surface area contributed by atoms with Gasteiger partial charge in [-0.15, -0.1) is 0 Å². The first-order valence-corrected chi connectivity index (χ1v) is 7.27. The zero-order valence-electron chi connectivity index (χ0n) is 10.7. The molecule has 0 saturated heterocycles. The molecule has 2 heterocycles. The van der Waals surface area contributed by atoms with Gasteiger partial charge in [0.25, 0.3) is 0 Å². The van der Waals surface area contributed by atoms with Gasteiger partial charge in [-0.1, -0.05) is 28.1 Å². The first kappa shape index (κ1) is 12.8. The smallest absolute Gasteiger partial charge is 0.122 e. The van der Waals surface area contributed by atoms with Gasteiger partial charge in [-0.25, -0.2) is 4.98 Å². The predicted molar refractivity (Wildman–Crippen MR) is 78.6 cm³/mol. The van der Waals surface area contributed by atoms with Crippen molar-refractivity contribution in [3.63, 3.8) is 0 Å². The van der Waals surface area contributed by atoms with E-state index in [1.807, 2.05) is 18.5 Å². The highest BCUT2D eigenvalue weighted by Crippen LogP contribution is 2.26. The van der Waals surface area contributed by atoms with Crippen molar-refractivity contribution in [2.75, 3.05) is 13.1 Å². The van der Waals surface area contributed by atoms with E-state index < -0.39 is 0 Å².